The minimum absolute atomic E-state index is 0.276. The summed E-state index contributed by atoms with van der Waals surface area (Å²) in [6, 6.07) is 1.56. The second-order valence-corrected chi connectivity index (χ2v) is 2.07. The molecule has 1 rings (SSSR count). The first-order valence-corrected chi connectivity index (χ1v) is 2.92. The van der Waals surface area contributed by atoms with E-state index in [1.54, 1.807) is 6.07 Å². The second-order valence-electron chi connectivity index (χ2n) is 2.07. The van der Waals surface area contributed by atoms with Crippen LogP contribution in [0.25, 0.3) is 0 Å². The lowest BCUT2D eigenvalue weighted by Crippen LogP contribution is -2.05. The molecule has 54 valence electrons. The van der Waals surface area contributed by atoms with Crippen molar-refractivity contribution < 1.29 is 14.3 Å². The van der Waals surface area contributed by atoms with E-state index in [0.29, 0.717) is 5.56 Å². The molecule has 0 unspecified atom stereocenters. The molecule has 0 fully saturated rings. The Bertz CT molecular complexity index is 213. The standard InChI is InChI=1S/C7H8O3/c1-5(8)7(9)6-2-3-10-4-6/h2-4,7,9H,1H3/t7-/m1/s1. The summed E-state index contributed by atoms with van der Waals surface area (Å²) >= 11 is 0. The summed E-state index contributed by atoms with van der Waals surface area (Å²) in [6.07, 6.45) is 1.74. The molecule has 0 saturated carbocycles. The lowest BCUT2D eigenvalue weighted by Gasteiger charge is -2.00. The van der Waals surface area contributed by atoms with Crippen molar-refractivity contribution in [2.24, 2.45) is 0 Å². The number of Topliss-reactive ketones (excluding diaryl/α,β-unsaturated/α-hetero) is 1. The quantitative estimate of drug-likeness (QED) is 0.664. The average molecular weight is 140 g/mol. The molecule has 0 aliphatic carbocycles. The molecule has 0 spiro atoms. The molecule has 10 heavy (non-hydrogen) atoms. The van der Waals surface area contributed by atoms with Crippen LogP contribution in [0.5, 0.6) is 0 Å². The number of hydrogen-bond acceptors (Lipinski definition) is 3. The zero-order chi connectivity index (χ0) is 7.56. The molecule has 3 heteroatoms. The first-order chi connectivity index (χ1) is 4.72. The van der Waals surface area contributed by atoms with Crippen LogP contribution in [-0.4, -0.2) is 10.9 Å². The molecule has 1 heterocycles. The Morgan fingerprint density at radius 3 is 2.90 bits per heavy atom. The molecule has 0 aromatic carbocycles. The van der Waals surface area contributed by atoms with E-state index in [-0.39, 0.29) is 5.78 Å². The van der Waals surface area contributed by atoms with Crippen molar-refractivity contribution in [1.29, 1.82) is 0 Å². The Balaban J connectivity index is 2.77. The van der Waals surface area contributed by atoms with E-state index in [2.05, 4.69) is 4.42 Å². The highest BCUT2D eigenvalue weighted by Gasteiger charge is 2.12. The summed E-state index contributed by atoms with van der Waals surface area (Å²) in [5, 5.41) is 9.08. The Kier molecular flexibility index (Phi) is 1.87. The van der Waals surface area contributed by atoms with Gasteiger partial charge in [0.25, 0.3) is 0 Å². The van der Waals surface area contributed by atoms with E-state index in [4.69, 9.17) is 5.11 Å². The molecule has 0 aliphatic heterocycles. The van der Waals surface area contributed by atoms with Gasteiger partial charge in [-0.15, -0.1) is 0 Å². The maximum absolute atomic E-state index is 10.6. The van der Waals surface area contributed by atoms with Gasteiger partial charge in [-0.1, -0.05) is 0 Å². The molecule has 0 saturated heterocycles. The summed E-state index contributed by atoms with van der Waals surface area (Å²) < 4.78 is 4.67. The van der Waals surface area contributed by atoms with Gasteiger partial charge in [-0.25, -0.2) is 0 Å². The Labute approximate surface area is 58.3 Å². The van der Waals surface area contributed by atoms with Crippen LogP contribution >= 0.6 is 0 Å². The van der Waals surface area contributed by atoms with E-state index >= 15 is 0 Å². The van der Waals surface area contributed by atoms with Crippen LogP contribution < -0.4 is 0 Å². The topological polar surface area (TPSA) is 50.4 Å². The third kappa shape index (κ3) is 1.25. The zero-order valence-corrected chi connectivity index (χ0v) is 5.57. The number of furan rings is 1. The van der Waals surface area contributed by atoms with Gasteiger partial charge in [0.1, 0.15) is 6.10 Å². The van der Waals surface area contributed by atoms with Crippen LogP contribution in [0.2, 0.25) is 0 Å². The number of hydrogen-bond donors (Lipinski definition) is 1. The lowest BCUT2D eigenvalue weighted by molar-refractivity contribution is -0.125. The van der Waals surface area contributed by atoms with Gasteiger partial charge in [0.15, 0.2) is 5.78 Å². The van der Waals surface area contributed by atoms with Gasteiger partial charge in [0, 0.05) is 5.56 Å². The van der Waals surface area contributed by atoms with Gasteiger partial charge >= 0.3 is 0 Å². The van der Waals surface area contributed by atoms with E-state index in [1.807, 2.05) is 0 Å². The minimum atomic E-state index is -1.03. The fourth-order valence-electron chi connectivity index (χ4n) is 0.665. The predicted molar refractivity (Wildman–Crippen MR) is 34.3 cm³/mol. The Morgan fingerprint density at radius 2 is 2.50 bits per heavy atom. The Hall–Kier alpha value is -1.09. The van der Waals surface area contributed by atoms with Gasteiger partial charge in [-0.2, -0.15) is 0 Å². The number of carbonyl (C=O) groups is 1. The van der Waals surface area contributed by atoms with Crippen molar-refractivity contribution in [3.63, 3.8) is 0 Å². The van der Waals surface area contributed by atoms with E-state index in [1.165, 1.54) is 19.5 Å². The molecule has 0 aliphatic rings. The number of carbonyl (C=O) groups excluding carboxylic acids is 1. The molecule has 1 aromatic heterocycles. The molecular formula is C7H8O3. The first-order valence-electron chi connectivity index (χ1n) is 2.92. The minimum Gasteiger partial charge on any atom is -0.472 e. The fraction of sp³-hybridized carbons (Fsp3) is 0.286. The van der Waals surface area contributed by atoms with Crippen molar-refractivity contribution in [3.05, 3.63) is 24.2 Å². The molecule has 1 aromatic rings. The van der Waals surface area contributed by atoms with Gasteiger partial charge in [0.05, 0.1) is 12.5 Å². The average Bonchev–Trinajstić information content (AvgIpc) is 2.36. The van der Waals surface area contributed by atoms with Crippen LogP contribution in [0.3, 0.4) is 0 Å². The molecule has 0 radical (unpaired) electrons. The number of aliphatic hydroxyl groups is 1. The van der Waals surface area contributed by atoms with Crippen LogP contribution in [-0.2, 0) is 4.79 Å². The van der Waals surface area contributed by atoms with Crippen molar-refractivity contribution in [2.45, 2.75) is 13.0 Å². The van der Waals surface area contributed by atoms with Gasteiger partial charge < -0.3 is 9.52 Å². The SMILES string of the molecule is CC(=O)[C@@H](O)c1ccoc1. The molecule has 1 N–H and O–H groups in total. The second kappa shape index (κ2) is 2.66. The van der Waals surface area contributed by atoms with Crippen LogP contribution in [0, 0.1) is 0 Å². The number of aliphatic hydroxyl groups excluding tert-OH is 1. The summed E-state index contributed by atoms with van der Waals surface area (Å²) in [5.74, 6) is -0.276. The van der Waals surface area contributed by atoms with E-state index in [0.717, 1.165) is 0 Å². The largest absolute Gasteiger partial charge is 0.472 e. The van der Waals surface area contributed by atoms with Crippen LogP contribution in [0.4, 0.5) is 0 Å². The maximum atomic E-state index is 10.6. The summed E-state index contributed by atoms with van der Waals surface area (Å²) in [5.41, 5.74) is 0.507. The highest BCUT2D eigenvalue weighted by molar-refractivity contribution is 5.81. The van der Waals surface area contributed by atoms with Crippen LogP contribution in [0.1, 0.15) is 18.6 Å². The lowest BCUT2D eigenvalue weighted by atomic mass is 10.1. The van der Waals surface area contributed by atoms with E-state index in [9.17, 15) is 4.79 Å². The third-order valence-corrected chi connectivity index (χ3v) is 1.24. The Morgan fingerprint density at radius 1 is 1.80 bits per heavy atom. The van der Waals surface area contributed by atoms with Gasteiger partial charge in [-0.3, -0.25) is 4.79 Å². The monoisotopic (exact) mass is 140 g/mol. The molecule has 1 atom stereocenters. The molecule has 0 amide bonds. The number of ketones is 1. The maximum Gasteiger partial charge on any atom is 0.162 e. The third-order valence-electron chi connectivity index (χ3n) is 1.24. The molecule has 0 bridgehead atoms. The molecule has 3 nitrogen and oxygen atoms in total. The predicted octanol–water partition coefficient (Wildman–Crippen LogP) is 0.902. The highest BCUT2D eigenvalue weighted by Crippen LogP contribution is 2.12. The normalized spacial score (nSPS) is 13.0. The smallest absolute Gasteiger partial charge is 0.162 e. The number of rotatable bonds is 2. The van der Waals surface area contributed by atoms with Crippen molar-refractivity contribution in [2.75, 3.05) is 0 Å². The van der Waals surface area contributed by atoms with Crippen molar-refractivity contribution >= 4 is 5.78 Å². The van der Waals surface area contributed by atoms with Crippen LogP contribution in [0.15, 0.2) is 23.0 Å². The first kappa shape index (κ1) is 7.02. The summed E-state index contributed by atoms with van der Waals surface area (Å²) in [4.78, 5) is 10.6. The molecular weight excluding hydrogens is 132 g/mol. The van der Waals surface area contributed by atoms with E-state index < -0.39 is 6.10 Å². The zero-order valence-electron chi connectivity index (χ0n) is 5.57. The van der Waals surface area contributed by atoms with Crippen molar-refractivity contribution in [1.82, 2.24) is 0 Å². The van der Waals surface area contributed by atoms with Gasteiger partial charge in [-0.05, 0) is 13.0 Å². The summed E-state index contributed by atoms with van der Waals surface area (Å²) in [7, 11) is 0. The highest BCUT2D eigenvalue weighted by atomic mass is 16.3. The summed E-state index contributed by atoms with van der Waals surface area (Å²) in [6.45, 7) is 1.33. The fourth-order valence-corrected chi connectivity index (χ4v) is 0.665. The van der Waals surface area contributed by atoms with Gasteiger partial charge in [0.2, 0.25) is 0 Å². The van der Waals surface area contributed by atoms with Crippen molar-refractivity contribution in [3.8, 4) is 0 Å².